The van der Waals surface area contributed by atoms with Crippen LogP contribution in [0.3, 0.4) is 0 Å². The van der Waals surface area contributed by atoms with Crippen LogP contribution < -0.4 is 4.74 Å². The number of benzene rings is 1. The molecule has 0 saturated heterocycles. The van der Waals surface area contributed by atoms with Crippen molar-refractivity contribution in [3.63, 3.8) is 0 Å². The maximum absolute atomic E-state index is 11.1. The van der Waals surface area contributed by atoms with Crippen LogP contribution in [0, 0.1) is 5.41 Å². The third kappa shape index (κ3) is 2.44. The highest BCUT2D eigenvalue weighted by Crippen LogP contribution is 2.54. The molecule has 0 atom stereocenters. The summed E-state index contributed by atoms with van der Waals surface area (Å²) in [5.74, 6) is 0.749. The lowest BCUT2D eigenvalue weighted by Gasteiger charge is -2.42. The normalized spacial score (nSPS) is 23.9. The van der Waals surface area contributed by atoms with E-state index in [2.05, 4.69) is 0 Å². The third-order valence-electron chi connectivity index (χ3n) is 5.46. The second kappa shape index (κ2) is 5.23. The summed E-state index contributed by atoms with van der Waals surface area (Å²) in [5.41, 5.74) is 0.600. The molecule has 0 aliphatic heterocycles. The van der Waals surface area contributed by atoms with Gasteiger partial charge in [0.1, 0.15) is 5.75 Å². The molecule has 0 unspecified atom stereocenters. The van der Waals surface area contributed by atoms with Gasteiger partial charge in [0, 0.05) is 10.6 Å². The standard InChI is InChI=1S/C17H23ClO2/c1-20-15-5-4-13(18)12-14(15)17(19)10-8-16(9-11-17)6-2-3-7-16/h4-5,12,19H,2-3,6-11H2,1H3. The number of halogens is 1. The van der Waals surface area contributed by atoms with Crippen molar-refractivity contribution in [2.75, 3.05) is 7.11 Å². The molecule has 1 aromatic carbocycles. The van der Waals surface area contributed by atoms with Crippen LogP contribution in [0.2, 0.25) is 5.02 Å². The number of methoxy groups -OCH3 is 1. The smallest absolute Gasteiger partial charge is 0.125 e. The molecule has 0 bridgehead atoms. The molecule has 2 saturated carbocycles. The highest BCUT2D eigenvalue weighted by molar-refractivity contribution is 6.30. The summed E-state index contributed by atoms with van der Waals surface area (Å²) in [6, 6.07) is 5.54. The molecule has 2 aliphatic rings. The fourth-order valence-corrected chi connectivity index (χ4v) is 4.30. The van der Waals surface area contributed by atoms with E-state index in [4.69, 9.17) is 16.3 Å². The summed E-state index contributed by atoms with van der Waals surface area (Å²) in [6.45, 7) is 0. The van der Waals surface area contributed by atoms with E-state index in [1.54, 1.807) is 7.11 Å². The summed E-state index contributed by atoms with van der Waals surface area (Å²) in [6.07, 6.45) is 9.30. The van der Waals surface area contributed by atoms with Crippen LogP contribution >= 0.6 is 11.6 Å². The van der Waals surface area contributed by atoms with E-state index in [0.717, 1.165) is 37.0 Å². The van der Waals surface area contributed by atoms with Gasteiger partial charge in [-0.15, -0.1) is 0 Å². The fourth-order valence-electron chi connectivity index (χ4n) is 4.13. The Morgan fingerprint density at radius 2 is 1.70 bits per heavy atom. The molecule has 110 valence electrons. The first-order valence-electron chi connectivity index (χ1n) is 7.63. The van der Waals surface area contributed by atoms with Crippen molar-refractivity contribution in [2.24, 2.45) is 5.41 Å². The molecular weight excluding hydrogens is 272 g/mol. The van der Waals surface area contributed by atoms with Gasteiger partial charge in [-0.1, -0.05) is 24.4 Å². The number of hydrogen-bond acceptors (Lipinski definition) is 2. The van der Waals surface area contributed by atoms with Crippen LogP contribution in [0.4, 0.5) is 0 Å². The van der Waals surface area contributed by atoms with E-state index in [0.29, 0.717) is 10.4 Å². The Morgan fingerprint density at radius 1 is 1.05 bits per heavy atom. The van der Waals surface area contributed by atoms with Crippen LogP contribution in [0.1, 0.15) is 56.9 Å². The van der Waals surface area contributed by atoms with Gasteiger partial charge in [-0.2, -0.15) is 0 Å². The second-order valence-corrected chi connectivity index (χ2v) is 7.02. The lowest BCUT2D eigenvalue weighted by molar-refractivity contribution is -0.0390. The average molecular weight is 295 g/mol. The zero-order valence-electron chi connectivity index (χ0n) is 12.1. The third-order valence-corrected chi connectivity index (χ3v) is 5.70. The summed E-state index contributed by atoms with van der Waals surface area (Å²) in [7, 11) is 1.65. The van der Waals surface area contributed by atoms with Crippen molar-refractivity contribution in [3.8, 4) is 5.75 Å². The molecule has 3 heteroatoms. The number of aliphatic hydroxyl groups is 1. The molecule has 20 heavy (non-hydrogen) atoms. The van der Waals surface area contributed by atoms with Gasteiger partial charge in [-0.25, -0.2) is 0 Å². The minimum Gasteiger partial charge on any atom is -0.496 e. The molecular formula is C17H23ClO2. The topological polar surface area (TPSA) is 29.5 Å². The lowest BCUT2D eigenvalue weighted by Crippen LogP contribution is -2.36. The van der Waals surface area contributed by atoms with Crippen molar-refractivity contribution in [2.45, 2.75) is 57.0 Å². The first-order chi connectivity index (χ1) is 9.57. The van der Waals surface area contributed by atoms with Crippen molar-refractivity contribution >= 4 is 11.6 Å². The molecule has 0 radical (unpaired) electrons. The first kappa shape index (κ1) is 14.2. The van der Waals surface area contributed by atoms with Crippen molar-refractivity contribution in [3.05, 3.63) is 28.8 Å². The van der Waals surface area contributed by atoms with E-state index in [-0.39, 0.29) is 0 Å². The van der Waals surface area contributed by atoms with Crippen molar-refractivity contribution in [1.29, 1.82) is 0 Å². The van der Waals surface area contributed by atoms with E-state index >= 15 is 0 Å². The molecule has 0 aromatic heterocycles. The summed E-state index contributed by atoms with van der Waals surface area (Å²) >= 11 is 6.11. The fraction of sp³-hybridized carbons (Fsp3) is 0.647. The Kier molecular flexibility index (Phi) is 3.72. The molecule has 1 N–H and O–H groups in total. The minimum absolute atomic E-state index is 0.512. The predicted molar refractivity (Wildman–Crippen MR) is 81.3 cm³/mol. The second-order valence-electron chi connectivity index (χ2n) is 6.58. The zero-order chi connectivity index (χ0) is 14.2. The van der Waals surface area contributed by atoms with Crippen LogP contribution in [0.5, 0.6) is 5.75 Å². The van der Waals surface area contributed by atoms with E-state index in [1.807, 2.05) is 18.2 Å². The predicted octanol–water partition coefficient (Wildman–Crippen LogP) is 4.67. The highest BCUT2D eigenvalue weighted by atomic mass is 35.5. The SMILES string of the molecule is COc1ccc(Cl)cc1C1(O)CCC2(CCCC2)CC1. The average Bonchev–Trinajstić information content (AvgIpc) is 2.91. The van der Waals surface area contributed by atoms with Crippen LogP contribution in [-0.4, -0.2) is 12.2 Å². The molecule has 0 amide bonds. The van der Waals surface area contributed by atoms with Gasteiger partial charge in [0.15, 0.2) is 0 Å². The largest absolute Gasteiger partial charge is 0.496 e. The van der Waals surface area contributed by atoms with Gasteiger partial charge in [-0.05, 0) is 62.1 Å². The van der Waals surface area contributed by atoms with Gasteiger partial charge in [0.25, 0.3) is 0 Å². The summed E-state index contributed by atoms with van der Waals surface area (Å²) in [5, 5.41) is 11.7. The molecule has 3 rings (SSSR count). The van der Waals surface area contributed by atoms with Crippen molar-refractivity contribution < 1.29 is 9.84 Å². The Hall–Kier alpha value is -0.730. The Morgan fingerprint density at radius 3 is 2.30 bits per heavy atom. The van der Waals surface area contributed by atoms with E-state index in [1.165, 1.54) is 25.7 Å². The highest BCUT2D eigenvalue weighted by Gasteiger charge is 2.44. The Bertz CT molecular complexity index is 482. The van der Waals surface area contributed by atoms with Gasteiger partial charge in [-0.3, -0.25) is 0 Å². The molecule has 2 fully saturated rings. The monoisotopic (exact) mass is 294 g/mol. The number of rotatable bonds is 2. The summed E-state index contributed by atoms with van der Waals surface area (Å²) < 4.78 is 5.42. The Labute approximate surface area is 126 Å². The maximum atomic E-state index is 11.1. The lowest BCUT2D eigenvalue weighted by atomic mass is 9.66. The van der Waals surface area contributed by atoms with Crippen LogP contribution in [0.25, 0.3) is 0 Å². The molecule has 1 aromatic rings. The van der Waals surface area contributed by atoms with Crippen LogP contribution in [0.15, 0.2) is 18.2 Å². The van der Waals surface area contributed by atoms with E-state index < -0.39 is 5.60 Å². The number of ether oxygens (including phenoxy) is 1. The molecule has 0 heterocycles. The van der Waals surface area contributed by atoms with Gasteiger partial charge < -0.3 is 9.84 Å². The molecule has 1 spiro atoms. The zero-order valence-corrected chi connectivity index (χ0v) is 12.9. The molecule has 2 aliphatic carbocycles. The van der Waals surface area contributed by atoms with E-state index in [9.17, 15) is 5.11 Å². The first-order valence-corrected chi connectivity index (χ1v) is 8.01. The van der Waals surface area contributed by atoms with Gasteiger partial charge in [0.2, 0.25) is 0 Å². The summed E-state index contributed by atoms with van der Waals surface area (Å²) in [4.78, 5) is 0. The Balaban J connectivity index is 1.85. The number of hydrogen-bond donors (Lipinski definition) is 1. The quantitative estimate of drug-likeness (QED) is 0.859. The maximum Gasteiger partial charge on any atom is 0.125 e. The van der Waals surface area contributed by atoms with Crippen LogP contribution in [-0.2, 0) is 5.60 Å². The van der Waals surface area contributed by atoms with Crippen molar-refractivity contribution in [1.82, 2.24) is 0 Å². The van der Waals surface area contributed by atoms with Gasteiger partial charge >= 0.3 is 0 Å². The molecule has 2 nitrogen and oxygen atoms in total. The minimum atomic E-state index is -0.774. The van der Waals surface area contributed by atoms with Gasteiger partial charge in [0.05, 0.1) is 12.7 Å².